The number of carbonyl (C=O) groups excluding carboxylic acids is 2. The Morgan fingerprint density at radius 1 is 1.00 bits per heavy atom. The third-order valence-corrected chi connectivity index (χ3v) is 7.03. The molecular formula is C23H31FN2O2. The topological polar surface area (TPSA) is 40.6 Å². The summed E-state index contributed by atoms with van der Waals surface area (Å²) in [5.41, 5.74) is 0.906. The molecule has 2 heterocycles. The largest absolute Gasteiger partial charge is 0.337 e. The van der Waals surface area contributed by atoms with E-state index < -0.39 is 0 Å². The molecule has 28 heavy (non-hydrogen) atoms. The van der Waals surface area contributed by atoms with E-state index in [1.54, 1.807) is 19.1 Å². The van der Waals surface area contributed by atoms with Gasteiger partial charge in [-0.3, -0.25) is 9.59 Å². The van der Waals surface area contributed by atoms with Gasteiger partial charge in [-0.25, -0.2) is 4.39 Å². The molecule has 1 saturated carbocycles. The predicted octanol–water partition coefficient (Wildman–Crippen LogP) is 4.10. The van der Waals surface area contributed by atoms with E-state index in [4.69, 9.17) is 0 Å². The molecule has 4 rings (SSSR count). The van der Waals surface area contributed by atoms with Crippen molar-refractivity contribution in [1.29, 1.82) is 0 Å². The molecule has 0 unspecified atom stereocenters. The summed E-state index contributed by atoms with van der Waals surface area (Å²) in [5.74, 6) is 0.176. The van der Waals surface area contributed by atoms with E-state index in [0.29, 0.717) is 6.54 Å². The third kappa shape index (κ3) is 3.68. The van der Waals surface area contributed by atoms with Gasteiger partial charge in [-0.15, -0.1) is 0 Å². The second-order valence-corrected chi connectivity index (χ2v) is 8.75. The van der Waals surface area contributed by atoms with Crippen molar-refractivity contribution in [3.05, 3.63) is 35.6 Å². The Balaban J connectivity index is 1.71. The molecule has 0 bridgehead atoms. The molecule has 1 aliphatic carbocycles. The molecule has 1 aromatic carbocycles. The molecule has 2 aliphatic heterocycles. The molecule has 0 spiro atoms. The number of carbonyl (C=O) groups is 2. The molecule has 2 saturated heterocycles. The summed E-state index contributed by atoms with van der Waals surface area (Å²) in [6.45, 7) is 2.95. The first-order chi connectivity index (χ1) is 13.6. The molecule has 2 amide bonds. The number of benzene rings is 1. The summed E-state index contributed by atoms with van der Waals surface area (Å²) < 4.78 is 14.0. The van der Waals surface area contributed by atoms with Crippen molar-refractivity contribution in [1.82, 2.24) is 9.80 Å². The van der Waals surface area contributed by atoms with Crippen LogP contribution in [0, 0.1) is 11.7 Å². The first-order valence-electron chi connectivity index (χ1n) is 10.9. The van der Waals surface area contributed by atoms with Crippen LogP contribution >= 0.6 is 0 Å². The number of rotatable bonds is 2. The van der Waals surface area contributed by atoms with Crippen LogP contribution in [0.5, 0.6) is 0 Å². The highest BCUT2D eigenvalue weighted by Crippen LogP contribution is 2.41. The molecular weight excluding hydrogens is 355 g/mol. The molecule has 152 valence electrons. The Morgan fingerprint density at radius 3 is 2.46 bits per heavy atom. The third-order valence-electron chi connectivity index (χ3n) is 7.03. The van der Waals surface area contributed by atoms with Gasteiger partial charge in [-0.2, -0.15) is 0 Å². The van der Waals surface area contributed by atoms with Crippen LogP contribution in [0.3, 0.4) is 0 Å². The summed E-state index contributed by atoms with van der Waals surface area (Å²) in [7, 11) is 0. The van der Waals surface area contributed by atoms with E-state index >= 15 is 0 Å². The molecule has 0 radical (unpaired) electrons. The normalized spacial score (nSPS) is 28.7. The Bertz CT molecular complexity index is 731. The maximum atomic E-state index is 14.0. The smallest absolute Gasteiger partial charge is 0.226 e. The van der Waals surface area contributed by atoms with E-state index in [0.717, 1.165) is 63.5 Å². The Morgan fingerprint density at radius 2 is 1.75 bits per heavy atom. The van der Waals surface area contributed by atoms with Gasteiger partial charge >= 0.3 is 0 Å². The van der Waals surface area contributed by atoms with E-state index in [1.165, 1.54) is 6.07 Å². The number of fused-ring (bicyclic) bond motifs is 1. The van der Waals surface area contributed by atoms with Crippen molar-refractivity contribution >= 4 is 11.8 Å². The Labute approximate surface area is 167 Å². The van der Waals surface area contributed by atoms with Gasteiger partial charge in [0, 0.05) is 31.8 Å². The zero-order valence-electron chi connectivity index (χ0n) is 16.8. The molecule has 3 fully saturated rings. The van der Waals surface area contributed by atoms with Gasteiger partial charge in [0.15, 0.2) is 0 Å². The molecule has 0 N–H and O–H groups in total. The van der Waals surface area contributed by atoms with Crippen molar-refractivity contribution in [2.75, 3.05) is 13.1 Å². The number of amides is 2. The highest BCUT2D eigenvalue weighted by atomic mass is 19.1. The highest BCUT2D eigenvalue weighted by Gasteiger charge is 2.49. The van der Waals surface area contributed by atoms with Gasteiger partial charge < -0.3 is 9.80 Å². The van der Waals surface area contributed by atoms with E-state index in [-0.39, 0.29) is 41.6 Å². The minimum absolute atomic E-state index is 0.0203. The van der Waals surface area contributed by atoms with E-state index in [9.17, 15) is 14.0 Å². The van der Waals surface area contributed by atoms with Crippen molar-refractivity contribution in [2.45, 2.75) is 76.3 Å². The fourth-order valence-corrected chi connectivity index (χ4v) is 5.69. The van der Waals surface area contributed by atoms with E-state index in [2.05, 4.69) is 4.90 Å². The maximum absolute atomic E-state index is 14.0. The van der Waals surface area contributed by atoms with Crippen LogP contribution in [0.2, 0.25) is 0 Å². The summed E-state index contributed by atoms with van der Waals surface area (Å²) >= 11 is 0. The van der Waals surface area contributed by atoms with Crippen molar-refractivity contribution in [3.8, 4) is 0 Å². The fraction of sp³-hybridized carbons (Fsp3) is 0.652. The molecule has 3 atom stereocenters. The van der Waals surface area contributed by atoms with Crippen LogP contribution in [0.15, 0.2) is 24.3 Å². The maximum Gasteiger partial charge on any atom is 0.226 e. The SMILES string of the molecule is CC(=O)N1CCCCC[C@@H]2[C@@H]1[C@H](c1cccc(F)c1)CN2C(=O)C1CCCC1. The fourth-order valence-electron chi connectivity index (χ4n) is 5.69. The molecule has 4 nitrogen and oxygen atoms in total. The van der Waals surface area contributed by atoms with Crippen molar-refractivity contribution in [3.63, 3.8) is 0 Å². The number of halogens is 1. The summed E-state index contributed by atoms with van der Waals surface area (Å²) in [5, 5.41) is 0. The number of nitrogens with zero attached hydrogens (tertiary/aromatic N) is 2. The minimum atomic E-state index is -0.255. The van der Waals surface area contributed by atoms with E-state index in [1.807, 2.05) is 11.0 Å². The average Bonchev–Trinajstić information content (AvgIpc) is 3.29. The van der Waals surface area contributed by atoms with Gasteiger partial charge in [-0.1, -0.05) is 37.8 Å². The quantitative estimate of drug-likeness (QED) is 0.768. The van der Waals surface area contributed by atoms with Crippen LogP contribution in [0.25, 0.3) is 0 Å². The lowest BCUT2D eigenvalue weighted by atomic mass is 9.86. The van der Waals surface area contributed by atoms with Gasteiger partial charge in [0.2, 0.25) is 11.8 Å². The zero-order valence-corrected chi connectivity index (χ0v) is 16.8. The number of likely N-dealkylation sites (tertiary alicyclic amines) is 2. The Hall–Kier alpha value is -1.91. The molecule has 1 aromatic rings. The second-order valence-electron chi connectivity index (χ2n) is 8.75. The average molecular weight is 387 g/mol. The van der Waals surface area contributed by atoms with Crippen LogP contribution in [-0.2, 0) is 9.59 Å². The lowest BCUT2D eigenvalue weighted by Crippen LogP contribution is -2.51. The first kappa shape index (κ1) is 19.4. The van der Waals surface area contributed by atoms with Crippen molar-refractivity contribution < 1.29 is 14.0 Å². The number of hydrogen-bond donors (Lipinski definition) is 0. The van der Waals surface area contributed by atoms with Crippen LogP contribution < -0.4 is 0 Å². The van der Waals surface area contributed by atoms with Gasteiger partial charge in [0.05, 0.1) is 12.1 Å². The first-order valence-corrected chi connectivity index (χ1v) is 10.9. The highest BCUT2D eigenvalue weighted by molar-refractivity contribution is 5.80. The molecule has 0 aromatic heterocycles. The van der Waals surface area contributed by atoms with Crippen molar-refractivity contribution in [2.24, 2.45) is 5.92 Å². The standard InChI is InChI=1S/C23H31FN2O2/c1-16(27)25-13-6-2-3-12-21-22(25)20(18-10-7-11-19(24)14-18)15-26(21)23(28)17-8-4-5-9-17/h7,10-11,14,17,20-22H,2-6,8-9,12-13,15H2,1H3/t20-,21+,22-/m0/s1. The van der Waals surface area contributed by atoms with Gasteiger partial charge in [0.1, 0.15) is 5.82 Å². The minimum Gasteiger partial charge on any atom is -0.337 e. The van der Waals surface area contributed by atoms with Gasteiger partial charge in [0.25, 0.3) is 0 Å². The summed E-state index contributed by atoms with van der Waals surface area (Å²) in [6, 6.07) is 6.73. The van der Waals surface area contributed by atoms with Crippen LogP contribution in [0.4, 0.5) is 4.39 Å². The monoisotopic (exact) mass is 386 g/mol. The van der Waals surface area contributed by atoms with Gasteiger partial charge in [-0.05, 0) is 43.4 Å². The van der Waals surface area contributed by atoms with Crippen LogP contribution in [0.1, 0.15) is 69.8 Å². The lowest BCUT2D eigenvalue weighted by Gasteiger charge is -2.39. The second kappa shape index (κ2) is 8.22. The lowest BCUT2D eigenvalue weighted by molar-refractivity contribution is -0.139. The summed E-state index contributed by atoms with van der Waals surface area (Å²) in [4.78, 5) is 29.9. The number of hydrogen-bond acceptors (Lipinski definition) is 2. The Kier molecular flexibility index (Phi) is 5.70. The molecule has 5 heteroatoms. The predicted molar refractivity (Wildman–Crippen MR) is 106 cm³/mol. The zero-order chi connectivity index (χ0) is 19.7. The summed E-state index contributed by atoms with van der Waals surface area (Å²) in [6.07, 6.45) is 8.31. The van der Waals surface area contributed by atoms with Crippen LogP contribution in [-0.4, -0.2) is 46.8 Å². The molecule has 3 aliphatic rings.